The van der Waals surface area contributed by atoms with Gasteiger partial charge in [-0.15, -0.1) is 0 Å². The molecule has 0 saturated carbocycles. The maximum Gasteiger partial charge on any atom is 0.328 e. The first kappa shape index (κ1) is 33.5. The summed E-state index contributed by atoms with van der Waals surface area (Å²) in [5, 5.41) is 35.4. The topological polar surface area (TPSA) is 174 Å². The Hall–Kier alpha value is -3.68. The number of nitrogens with zero attached hydrogens (tertiary/aromatic N) is 1. The largest absolute Gasteiger partial charge is 0.478 e. The minimum absolute atomic E-state index is 0.0627. The number of fused-ring (bicyclic) bond motifs is 2. The van der Waals surface area contributed by atoms with Crippen LogP contribution in [-0.2, 0) is 30.3 Å². The molecule has 2 aliphatic rings. The van der Waals surface area contributed by atoms with Crippen molar-refractivity contribution in [1.82, 2.24) is 10.2 Å². The second-order valence-electron chi connectivity index (χ2n) is 8.57. The number of hydrogen-bond donors (Lipinski definition) is 5. The molecule has 2 aliphatic heterocycles. The van der Waals surface area contributed by atoms with E-state index in [9.17, 15) is 19.2 Å². The Morgan fingerprint density at radius 2 is 1.44 bits per heavy atom. The Morgan fingerprint density at radius 3 is 2.00 bits per heavy atom. The van der Waals surface area contributed by atoms with Crippen LogP contribution >= 0.6 is 23.4 Å². The van der Waals surface area contributed by atoms with Crippen molar-refractivity contribution in [3.63, 3.8) is 0 Å². The van der Waals surface area contributed by atoms with Crippen LogP contribution in [0.25, 0.3) is 0 Å². The molecule has 4 rings (SSSR count). The van der Waals surface area contributed by atoms with Gasteiger partial charge in [-0.1, -0.05) is 41.6 Å². The fraction of sp³-hybridized carbons (Fsp3) is 0.286. The van der Waals surface area contributed by atoms with E-state index in [2.05, 4.69) is 46.6 Å². The maximum atomic E-state index is 9.55. The molecule has 41 heavy (non-hydrogen) atoms. The lowest BCUT2D eigenvalue weighted by Crippen LogP contribution is -2.44. The highest BCUT2D eigenvalue weighted by molar-refractivity contribution is 7.99. The highest BCUT2D eigenvalue weighted by Gasteiger charge is 2.24. The second kappa shape index (κ2) is 17.9. The van der Waals surface area contributed by atoms with Crippen LogP contribution < -0.4 is 5.32 Å². The van der Waals surface area contributed by atoms with Crippen LogP contribution in [0, 0.1) is 0 Å². The zero-order chi connectivity index (χ0) is 30.2. The standard InChI is InChI=1S/C20H23ClN2OS.2C4H4O4/c21-16-5-6-20-17(14-16)18(13-15-3-1-2-4-19(15)25-20)24-12-11-23-9-7-22-8-10-23;2*5-3(6)1-2-4(7)8/h1-6,14,18,22H,7-13H2;2*1-2H,(H,5,6)(H,7,8). The molecular formula is C28H31ClN2O9S. The van der Waals surface area contributed by atoms with Crippen molar-refractivity contribution in [1.29, 1.82) is 0 Å². The maximum absolute atomic E-state index is 9.55. The molecule has 220 valence electrons. The number of nitrogens with one attached hydrogen (secondary N) is 1. The van der Waals surface area contributed by atoms with Gasteiger partial charge in [0.1, 0.15) is 0 Å². The van der Waals surface area contributed by atoms with Crippen LogP contribution in [-0.4, -0.2) is 88.5 Å². The lowest BCUT2D eigenvalue weighted by Gasteiger charge is -2.28. The number of carbonyl (C=O) groups is 4. The van der Waals surface area contributed by atoms with Gasteiger partial charge in [-0.25, -0.2) is 19.2 Å². The third kappa shape index (κ3) is 13.5. The number of piperazine rings is 1. The van der Waals surface area contributed by atoms with Crippen molar-refractivity contribution in [2.24, 2.45) is 0 Å². The minimum atomic E-state index is -1.26. The summed E-state index contributed by atoms with van der Waals surface area (Å²) >= 11 is 8.10. The van der Waals surface area contributed by atoms with E-state index < -0.39 is 23.9 Å². The zero-order valence-electron chi connectivity index (χ0n) is 21.9. The molecule has 0 amide bonds. The summed E-state index contributed by atoms with van der Waals surface area (Å²) in [6.45, 7) is 6.11. The van der Waals surface area contributed by atoms with Crippen LogP contribution in [0.2, 0.25) is 5.02 Å². The third-order valence-corrected chi connectivity index (χ3v) is 7.03. The van der Waals surface area contributed by atoms with E-state index in [0.29, 0.717) is 24.3 Å². The van der Waals surface area contributed by atoms with Crippen molar-refractivity contribution in [3.8, 4) is 0 Å². The van der Waals surface area contributed by atoms with E-state index in [1.807, 2.05) is 17.8 Å². The fourth-order valence-electron chi connectivity index (χ4n) is 3.76. The van der Waals surface area contributed by atoms with Crippen molar-refractivity contribution in [3.05, 3.63) is 82.9 Å². The minimum Gasteiger partial charge on any atom is -0.478 e. The molecule has 2 aromatic rings. The highest BCUT2D eigenvalue weighted by atomic mass is 35.5. The molecule has 0 radical (unpaired) electrons. The van der Waals surface area contributed by atoms with Crippen LogP contribution in [0.3, 0.4) is 0 Å². The van der Waals surface area contributed by atoms with E-state index in [0.717, 1.165) is 50.8 Å². The summed E-state index contributed by atoms with van der Waals surface area (Å²) in [4.78, 5) is 43.3. The number of aliphatic carboxylic acids is 4. The smallest absolute Gasteiger partial charge is 0.328 e. The summed E-state index contributed by atoms with van der Waals surface area (Å²) in [5.41, 5.74) is 2.57. The number of ether oxygens (including phenoxy) is 1. The normalized spacial score (nSPS) is 16.3. The van der Waals surface area contributed by atoms with Crippen LogP contribution in [0.5, 0.6) is 0 Å². The summed E-state index contributed by atoms with van der Waals surface area (Å²) in [5.74, 6) is -5.03. The Balaban J connectivity index is 0.000000304. The Morgan fingerprint density at radius 1 is 0.878 bits per heavy atom. The number of halogens is 1. The lowest BCUT2D eigenvalue weighted by molar-refractivity contribution is -0.134. The first-order valence-corrected chi connectivity index (χ1v) is 13.6. The summed E-state index contributed by atoms with van der Waals surface area (Å²) in [6.07, 6.45) is 3.20. The molecule has 5 N–H and O–H groups in total. The lowest BCUT2D eigenvalue weighted by atomic mass is 10.0. The fourth-order valence-corrected chi connectivity index (χ4v) is 5.05. The Bertz CT molecular complexity index is 1200. The number of carboxylic acids is 4. The van der Waals surface area contributed by atoms with Gasteiger partial charge in [-0.05, 0) is 35.4 Å². The SMILES string of the molecule is Clc1ccc2c(c1)C(OCCN1CCNCC1)Cc1ccccc1S2.O=C(O)C=CC(=O)O.O=C(O)C=CC(=O)O. The molecule has 2 aromatic carbocycles. The number of hydrogen-bond acceptors (Lipinski definition) is 8. The third-order valence-electron chi connectivity index (χ3n) is 5.59. The van der Waals surface area contributed by atoms with Gasteiger partial charge in [-0.2, -0.15) is 0 Å². The first-order chi connectivity index (χ1) is 19.5. The predicted octanol–water partition coefficient (Wildman–Crippen LogP) is 3.43. The molecule has 0 aromatic heterocycles. The molecular weight excluding hydrogens is 576 g/mol. The van der Waals surface area contributed by atoms with Crippen molar-refractivity contribution in [2.45, 2.75) is 22.3 Å². The van der Waals surface area contributed by atoms with Gasteiger partial charge in [0.25, 0.3) is 0 Å². The first-order valence-electron chi connectivity index (χ1n) is 12.4. The Kier molecular flexibility index (Phi) is 14.6. The molecule has 1 fully saturated rings. The number of benzene rings is 2. The molecule has 0 bridgehead atoms. The highest BCUT2D eigenvalue weighted by Crippen LogP contribution is 2.42. The van der Waals surface area contributed by atoms with Gasteiger partial charge >= 0.3 is 23.9 Å². The van der Waals surface area contributed by atoms with Gasteiger partial charge < -0.3 is 30.5 Å². The summed E-state index contributed by atoms with van der Waals surface area (Å²) in [7, 11) is 0. The Labute approximate surface area is 246 Å². The van der Waals surface area contributed by atoms with E-state index >= 15 is 0 Å². The van der Waals surface area contributed by atoms with Gasteiger partial charge in [0.2, 0.25) is 0 Å². The molecule has 1 saturated heterocycles. The van der Waals surface area contributed by atoms with Crippen LogP contribution in [0.1, 0.15) is 17.2 Å². The average Bonchev–Trinajstić information content (AvgIpc) is 3.08. The predicted molar refractivity (Wildman–Crippen MR) is 153 cm³/mol. The molecule has 1 unspecified atom stereocenters. The van der Waals surface area contributed by atoms with E-state index in [4.69, 9.17) is 36.8 Å². The van der Waals surface area contributed by atoms with Gasteiger partial charge in [-0.3, -0.25) is 4.90 Å². The second-order valence-corrected chi connectivity index (χ2v) is 10.1. The molecule has 1 atom stereocenters. The van der Waals surface area contributed by atoms with E-state index in [1.54, 1.807) is 0 Å². The van der Waals surface area contributed by atoms with Gasteiger partial charge in [0.05, 0.1) is 12.7 Å². The number of carboxylic acid groups (broad SMARTS) is 4. The molecule has 0 spiro atoms. The number of rotatable bonds is 8. The van der Waals surface area contributed by atoms with Crippen molar-refractivity contribution in [2.75, 3.05) is 39.3 Å². The van der Waals surface area contributed by atoms with Gasteiger partial charge in [0.15, 0.2) is 0 Å². The summed E-state index contributed by atoms with van der Waals surface area (Å²) in [6, 6.07) is 14.8. The quantitative estimate of drug-likeness (QED) is 0.277. The van der Waals surface area contributed by atoms with Crippen molar-refractivity contribution >= 4 is 47.2 Å². The van der Waals surface area contributed by atoms with Crippen LogP contribution in [0.4, 0.5) is 0 Å². The van der Waals surface area contributed by atoms with E-state index in [1.165, 1.54) is 20.9 Å². The zero-order valence-corrected chi connectivity index (χ0v) is 23.5. The molecule has 2 heterocycles. The van der Waals surface area contributed by atoms with Crippen molar-refractivity contribution < 1.29 is 44.3 Å². The van der Waals surface area contributed by atoms with E-state index in [-0.39, 0.29) is 6.10 Å². The van der Waals surface area contributed by atoms with Gasteiger partial charge in [0, 0.05) is 78.3 Å². The molecule has 11 nitrogen and oxygen atoms in total. The summed E-state index contributed by atoms with van der Waals surface area (Å²) < 4.78 is 6.37. The van der Waals surface area contributed by atoms with Crippen LogP contribution in [0.15, 0.2) is 76.6 Å². The monoisotopic (exact) mass is 606 g/mol. The molecule has 13 heteroatoms. The molecule has 0 aliphatic carbocycles. The average molecular weight is 607 g/mol.